The zero-order valence-electron chi connectivity index (χ0n) is 17.4. The molecule has 0 saturated heterocycles. The molecule has 0 N–H and O–H groups in total. The van der Waals surface area contributed by atoms with Crippen LogP contribution in [0, 0.1) is 0 Å². The molecule has 2 aromatic carbocycles. The first-order valence-corrected chi connectivity index (χ1v) is 12.1. The van der Waals surface area contributed by atoms with Gasteiger partial charge in [0, 0.05) is 23.3 Å². The molecule has 30 heavy (non-hydrogen) atoms. The van der Waals surface area contributed by atoms with Gasteiger partial charge < -0.3 is 4.43 Å². The molecule has 1 atom stereocenters. The summed E-state index contributed by atoms with van der Waals surface area (Å²) in [7, 11) is -2.74. The number of azide groups is 1. The van der Waals surface area contributed by atoms with Crippen LogP contribution >= 0.6 is 11.6 Å². The van der Waals surface area contributed by atoms with Crippen LogP contribution in [-0.4, -0.2) is 19.9 Å². The summed E-state index contributed by atoms with van der Waals surface area (Å²) in [5, 5.41) is 6.46. The quantitative estimate of drug-likeness (QED) is 0.157. The van der Waals surface area contributed by atoms with Gasteiger partial charge in [-0.05, 0) is 27.0 Å². The van der Waals surface area contributed by atoms with E-state index >= 15 is 0 Å². The average Bonchev–Trinajstić information content (AvgIpc) is 2.74. The highest BCUT2D eigenvalue weighted by Crippen LogP contribution is 2.38. The van der Waals surface area contributed by atoms with Crippen molar-refractivity contribution in [3.8, 4) is 0 Å². The van der Waals surface area contributed by atoms with E-state index in [-0.39, 0.29) is 11.6 Å². The van der Waals surface area contributed by atoms with Crippen molar-refractivity contribution in [2.24, 2.45) is 5.11 Å². The van der Waals surface area contributed by atoms with E-state index in [1.54, 1.807) is 12.3 Å². The number of halogens is 1. The summed E-state index contributed by atoms with van der Waals surface area (Å²) in [4.78, 5) is 7.17. The Kier molecular flexibility index (Phi) is 6.95. The zero-order chi connectivity index (χ0) is 21.6. The van der Waals surface area contributed by atoms with Crippen molar-refractivity contribution >= 4 is 30.3 Å². The Morgan fingerprint density at radius 1 is 1.00 bits per heavy atom. The molecule has 0 fully saturated rings. The lowest BCUT2D eigenvalue weighted by Crippen LogP contribution is -2.66. The molecule has 0 spiro atoms. The van der Waals surface area contributed by atoms with Crippen molar-refractivity contribution in [1.82, 2.24) is 4.98 Å². The van der Waals surface area contributed by atoms with Crippen LogP contribution in [0.15, 0.2) is 84.1 Å². The first-order chi connectivity index (χ1) is 14.4. The molecule has 1 unspecified atom stereocenters. The van der Waals surface area contributed by atoms with Gasteiger partial charge in [0.2, 0.25) is 0 Å². The van der Waals surface area contributed by atoms with Gasteiger partial charge in [0.05, 0.1) is 6.04 Å². The Bertz CT molecular complexity index is 979. The van der Waals surface area contributed by atoms with Crippen molar-refractivity contribution < 1.29 is 4.43 Å². The lowest BCUT2D eigenvalue weighted by atomic mass is 10.1. The first-order valence-electron chi connectivity index (χ1n) is 9.80. The highest BCUT2D eigenvalue weighted by molar-refractivity contribution is 6.99. The Hall–Kier alpha value is -2.63. The maximum absolute atomic E-state index is 9.16. The molecular weight excluding hydrogens is 412 g/mol. The topological polar surface area (TPSA) is 70.9 Å². The summed E-state index contributed by atoms with van der Waals surface area (Å²) in [6, 6.07) is 23.7. The Balaban J connectivity index is 2.11. The van der Waals surface area contributed by atoms with E-state index in [1.807, 2.05) is 42.5 Å². The van der Waals surface area contributed by atoms with Crippen molar-refractivity contribution in [3.05, 3.63) is 100 Å². The highest BCUT2D eigenvalue weighted by Gasteiger charge is 2.50. The molecule has 1 aromatic heterocycles. The van der Waals surface area contributed by atoms with Crippen LogP contribution in [0.1, 0.15) is 32.4 Å². The predicted molar refractivity (Wildman–Crippen MR) is 125 cm³/mol. The van der Waals surface area contributed by atoms with Gasteiger partial charge in [-0.25, -0.2) is 4.98 Å². The second kappa shape index (κ2) is 9.45. The Morgan fingerprint density at radius 3 is 2.03 bits per heavy atom. The fourth-order valence-electron chi connectivity index (χ4n) is 3.86. The van der Waals surface area contributed by atoms with E-state index in [9.17, 15) is 0 Å². The van der Waals surface area contributed by atoms with E-state index in [1.165, 1.54) is 10.4 Å². The number of pyridine rings is 1. The van der Waals surface area contributed by atoms with Gasteiger partial charge in [-0.1, -0.05) is 104 Å². The van der Waals surface area contributed by atoms with Crippen LogP contribution in [0.3, 0.4) is 0 Å². The minimum absolute atomic E-state index is 0.171. The number of aromatic nitrogens is 1. The molecular formula is C23H25ClN4OSi. The van der Waals surface area contributed by atoms with E-state index in [2.05, 4.69) is 60.0 Å². The van der Waals surface area contributed by atoms with Gasteiger partial charge in [-0.15, -0.1) is 0 Å². The molecule has 7 heteroatoms. The number of hydrogen-bond donors (Lipinski definition) is 0. The summed E-state index contributed by atoms with van der Waals surface area (Å²) in [5.41, 5.74) is 9.82. The average molecular weight is 437 g/mol. The fourth-order valence-corrected chi connectivity index (χ4v) is 8.67. The van der Waals surface area contributed by atoms with Crippen LogP contribution in [0.5, 0.6) is 0 Å². The smallest absolute Gasteiger partial charge is 0.261 e. The minimum atomic E-state index is -2.74. The van der Waals surface area contributed by atoms with Crippen molar-refractivity contribution in [1.29, 1.82) is 0 Å². The van der Waals surface area contributed by atoms with Gasteiger partial charge in [-0.2, -0.15) is 0 Å². The van der Waals surface area contributed by atoms with Crippen LogP contribution in [0.2, 0.25) is 10.2 Å². The Labute approximate surface area is 183 Å². The molecule has 5 nitrogen and oxygen atoms in total. The molecule has 3 rings (SSSR count). The molecule has 0 aliphatic rings. The molecule has 0 aliphatic carbocycles. The number of rotatable bonds is 7. The monoisotopic (exact) mass is 436 g/mol. The van der Waals surface area contributed by atoms with E-state index in [0.29, 0.717) is 10.7 Å². The molecule has 3 aromatic rings. The molecule has 0 bridgehead atoms. The standard InChI is InChI=1S/C23H25ClN4OSi/c1-23(2,3)30(18-11-6-4-7-12-18,19-13-8-5-9-14-19)29-17-21(27-28-25)20-15-10-16-26-22(20)24/h4-16,21H,17H2,1-3H3. The van der Waals surface area contributed by atoms with Crippen molar-refractivity contribution in [3.63, 3.8) is 0 Å². The van der Waals surface area contributed by atoms with E-state index in [4.69, 9.17) is 21.6 Å². The van der Waals surface area contributed by atoms with Crippen LogP contribution < -0.4 is 10.4 Å². The van der Waals surface area contributed by atoms with Gasteiger partial charge in [-0.3, -0.25) is 0 Å². The van der Waals surface area contributed by atoms with Crippen LogP contribution in [0.25, 0.3) is 10.4 Å². The first kappa shape index (κ1) is 22.1. The number of benzene rings is 2. The SMILES string of the molecule is CC(C)(C)[Si](OCC(N=[N+]=[N-])c1cccnc1Cl)(c1ccccc1)c1ccccc1. The predicted octanol–water partition coefficient (Wildman–Crippen LogP) is 5.66. The summed E-state index contributed by atoms with van der Waals surface area (Å²) in [6.45, 7) is 6.83. The molecule has 0 radical (unpaired) electrons. The largest absolute Gasteiger partial charge is 0.407 e. The minimum Gasteiger partial charge on any atom is -0.407 e. The van der Waals surface area contributed by atoms with Crippen LogP contribution in [-0.2, 0) is 4.43 Å². The molecule has 0 aliphatic heterocycles. The van der Waals surface area contributed by atoms with E-state index in [0.717, 1.165) is 0 Å². The van der Waals surface area contributed by atoms with Gasteiger partial charge in [0.1, 0.15) is 5.15 Å². The third-order valence-electron chi connectivity index (χ3n) is 5.21. The summed E-state index contributed by atoms with van der Waals surface area (Å²) in [5.74, 6) is 0. The summed E-state index contributed by atoms with van der Waals surface area (Å²) in [6.07, 6.45) is 1.61. The zero-order valence-corrected chi connectivity index (χ0v) is 19.1. The number of nitrogens with zero attached hydrogens (tertiary/aromatic N) is 4. The maximum Gasteiger partial charge on any atom is 0.261 e. The normalized spacial score (nSPS) is 12.8. The second-order valence-corrected chi connectivity index (χ2v) is 12.7. The maximum atomic E-state index is 9.16. The van der Waals surface area contributed by atoms with E-state index < -0.39 is 14.4 Å². The lowest BCUT2D eigenvalue weighted by molar-refractivity contribution is 0.273. The second-order valence-electron chi connectivity index (χ2n) is 8.08. The Morgan fingerprint density at radius 2 is 1.57 bits per heavy atom. The molecule has 0 saturated carbocycles. The van der Waals surface area contributed by atoms with Crippen molar-refractivity contribution in [2.45, 2.75) is 31.9 Å². The third-order valence-corrected chi connectivity index (χ3v) is 10.5. The van der Waals surface area contributed by atoms with Gasteiger partial charge in [0.25, 0.3) is 8.32 Å². The third kappa shape index (κ3) is 4.42. The summed E-state index contributed by atoms with van der Waals surface area (Å²) < 4.78 is 6.88. The molecule has 154 valence electrons. The number of hydrogen-bond acceptors (Lipinski definition) is 3. The van der Waals surface area contributed by atoms with Crippen molar-refractivity contribution in [2.75, 3.05) is 6.61 Å². The van der Waals surface area contributed by atoms with Gasteiger partial charge in [0.15, 0.2) is 0 Å². The fraction of sp³-hybridized carbons (Fsp3) is 0.261. The van der Waals surface area contributed by atoms with Gasteiger partial charge >= 0.3 is 0 Å². The lowest BCUT2D eigenvalue weighted by Gasteiger charge is -2.43. The summed E-state index contributed by atoms with van der Waals surface area (Å²) >= 11 is 6.29. The highest BCUT2D eigenvalue weighted by atomic mass is 35.5. The van der Waals surface area contributed by atoms with Crippen LogP contribution in [0.4, 0.5) is 0 Å². The molecule has 0 amide bonds. The molecule has 1 heterocycles.